The third-order valence-corrected chi connectivity index (χ3v) is 2.77. The van der Waals surface area contributed by atoms with Gasteiger partial charge in [-0.05, 0) is 25.4 Å². The van der Waals surface area contributed by atoms with Crippen molar-refractivity contribution >= 4 is 23.5 Å². The van der Waals surface area contributed by atoms with Crippen molar-refractivity contribution in [3.8, 4) is 0 Å². The lowest BCUT2D eigenvalue weighted by molar-refractivity contribution is 0.206. The number of aromatic nitrogens is 3. The summed E-state index contributed by atoms with van der Waals surface area (Å²) in [7, 11) is 3.56. The molecule has 0 amide bonds. The first kappa shape index (κ1) is 14.9. The first-order valence-corrected chi connectivity index (χ1v) is 6.36. The molecule has 0 radical (unpaired) electrons. The largest absolute Gasteiger partial charge is 0.383 e. The lowest BCUT2D eigenvalue weighted by Crippen LogP contribution is -2.28. The number of anilines is 2. The third kappa shape index (κ3) is 3.96. The van der Waals surface area contributed by atoms with E-state index in [-0.39, 0.29) is 5.28 Å². The molecule has 0 saturated carbocycles. The smallest absolute Gasteiger partial charge is 0.231 e. The standard InChI is InChI=1S/C11H20ClN5O/c1-5-17(6-2)11-14-9(12)13-10(15-11)16(3)7-8-18-4/h5-8H2,1-4H3. The van der Waals surface area contributed by atoms with Crippen LogP contribution in [0.4, 0.5) is 11.9 Å². The maximum atomic E-state index is 5.94. The van der Waals surface area contributed by atoms with Gasteiger partial charge in [0.25, 0.3) is 0 Å². The van der Waals surface area contributed by atoms with E-state index in [1.165, 1.54) is 0 Å². The minimum Gasteiger partial charge on any atom is -0.383 e. The van der Waals surface area contributed by atoms with E-state index in [4.69, 9.17) is 16.3 Å². The van der Waals surface area contributed by atoms with Gasteiger partial charge < -0.3 is 14.5 Å². The van der Waals surface area contributed by atoms with Crippen molar-refractivity contribution in [3.63, 3.8) is 0 Å². The zero-order chi connectivity index (χ0) is 13.5. The number of halogens is 1. The van der Waals surface area contributed by atoms with E-state index in [0.717, 1.165) is 13.1 Å². The Morgan fingerprint density at radius 2 is 1.72 bits per heavy atom. The summed E-state index contributed by atoms with van der Waals surface area (Å²) < 4.78 is 5.03. The molecule has 0 spiro atoms. The predicted octanol–water partition coefficient (Wildman–Crippen LogP) is 1.45. The zero-order valence-corrected chi connectivity index (χ0v) is 12.1. The van der Waals surface area contributed by atoms with Crippen molar-refractivity contribution in [2.24, 2.45) is 0 Å². The highest BCUT2D eigenvalue weighted by Crippen LogP contribution is 2.15. The number of nitrogens with zero attached hydrogens (tertiary/aromatic N) is 5. The maximum absolute atomic E-state index is 5.94. The summed E-state index contributed by atoms with van der Waals surface area (Å²) in [6.45, 7) is 7.08. The minimum atomic E-state index is 0.214. The van der Waals surface area contributed by atoms with Crippen LogP contribution in [0.5, 0.6) is 0 Å². The Balaban J connectivity index is 2.92. The summed E-state index contributed by atoms with van der Waals surface area (Å²) in [5, 5.41) is 0.214. The molecule has 7 heteroatoms. The Hall–Kier alpha value is -1.14. The molecule has 18 heavy (non-hydrogen) atoms. The molecule has 0 saturated heterocycles. The van der Waals surface area contributed by atoms with Crippen molar-refractivity contribution in [1.82, 2.24) is 15.0 Å². The number of hydrogen-bond donors (Lipinski definition) is 0. The first-order chi connectivity index (χ1) is 8.62. The van der Waals surface area contributed by atoms with Crippen LogP contribution in [0.25, 0.3) is 0 Å². The monoisotopic (exact) mass is 273 g/mol. The SMILES string of the molecule is CCN(CC)c1nc(Cl)nc(N(C)CCOC)n1. The normalized spacial score (nSPS) is 10.5. The van der Waals surface area contributed by atoms with Gasteiger partial charge in [0.15, 0.2) is 0 Å². The van der Waals surface area contributed by atoms with E-state index >= 15 is 0 Å². The Kier molecular flexibility index (Phi) is 6.07. The van der Waals surface area contributed by atoms with Gasteiger partial charge in [0.2, 0.25) is 17.2 Å². The Bertz CT molecular complexity index is 372. The second-order valence-corrected chi connectivity index (χ2v) is 4.13. The van der Waals surface area contributed by atoms with Crippen LogP contribution in [0.1, 0.15) is 13.8 Å². The quantitative estimate of drug-likeness (QED) is 0.750. The van der Waals surface area contributed by atoms with Gasteiger partial charge in [-0.1, -0.05) is 0 Å². The molecule has 1 aromatic rings. The van der Waals surface area contributed by atoms with Gasteiger partial charge in [-0.15, -0.1) is 0 Å². The molecule has 0 aliphatic carbocycles. The van der Waals surface area contributed by atoms with E-state index in [0.29, 0.717) is 25.0 Å². The zero-order valence-electron chi connectivity index (χ0n) is 11.4. The van der Waals surface area contributed by atoms with E-state index in [2.05, 4.69) is 28.8 Å². The van der Waals surface area contributed by atoms with Crippen LogP contribution < -0.4 is 9.80 Å². The van der Waals surface area contributed by atoms with Gasteiger partial charge in [-0.3, -0.25) is 0 Å². The molecular weight excluding hydrogens is 254 g/mol. The van der Waals surface area contributed by atoms with Crippen molar-refractivity contribution in [3.05, 3.63) is 5.28 Å². The molecule has 0 atom stereocenters. The van der Waals surface area contributed by atoms with Gasteiger partial charge >= 0.3 is 0 Å². The fraction of sp³-hybridized carbons (Fsp3) is 0.727. The first-order valence-electron chi connectivity index (χ1n) is 5.98. The summed E-state index contributed by atoms with van der Waals surface area (Å²) in [5.74, 6) is 1.17. The molecule has 1 rings (SSSR count). The second kappa shape index (κ2) is 7.33. The summed E-state index contributed by atoms with van der Waals surface area (Å²) in [6, 6.07) is 0. The minimum absolute atomic E-state index is 0.214. The molecule has 0 unspecified atom stereocenters. The number of likely N-dealkylation sites (N-methyl/N-ethyl adjacent to an activating group) is 1. The summed E-state index contributed by atoms with van der Waals surface area (Å²) in [5.41, 5.74) is 0. The van der Waals surface area contributed by atoms with Crippen LogP contribution in [0.2, 0.25) is 5.28 Å². The Morgan fingerprint density at radius 1 is 1.11 bits per heavy atom. The van der Waals surface area contributed by atoms with E-state index in [1.54, 1.807) is 7.11 Å². The van der Waals surface area contributed by atoms with Crippen LogP contribution >= 0.6 is 11.6 Å². The summed E-state index contributed by atoms with van der Waals surface area (Å²) in [4.78, 5) is 16.6. The molecular formula is C11H20ClN5O. The number of hydrogen-bond acceptors (Lipinski definition) is 6. The molecule has 0 aliphatic rings. The molecule has 0 bridgehead atoms. The van der Waals surface area contributed by atoms with E-state index in [1.807, 2.05) is 16.8 Å². The van der Waals surface area contributed by atoms with Crippen LogP contribution in [-0.2, 0) is 4.74 Å². The summed E-state index contributed by atoms with van der Waals surface area (Å²) in [6.07, 6.45) is 0. The molecule has 0 fully saturated rings. The lowest BCUT2D eigenvalue weighted by Gasteiger charge is -2.21. The maximum Gasteiger partial charge on any atom is 0.231 e. The molecule has 0 aromatic carbocycles. The summed E-state index contributed by atoms with van der Waals surface area (Å²) >= 11 is 5.94. The molecule has 102 valence electrons. The molecule has 1 aromatic heterocycles. The predicted molar refractivity (Wildman–Crippen MR) is 73.5 cm³/mol. The number of ether oxygens (including phenoxy) is 1. The van der Waals surface area contributed by atoms with E-state index in [9.17, 15) is 0 Å². The molecule has 6 nitrogen and oxygen atoms in total. The van der Waals surface area contributed by atoms with Crippen molar-refractivity contribution in [1.29, 1.82) is 0 Å². The van der Waals surface area contributed by atoms with Crippen LogP contribution in [-0.4, -0.2) is 55.4 Å². The van der Waals surface area contributed by atoms with Crippen molar-refractivity contribution in [2.75, 3.05) is 50.2 Å². The van der Waals surface area contributed by atoms with Crippen LogP contribution in [0.3, 0.4) is 0 Å². The second-order valence-electron chi connectivity index (χ2n) is 3.79. The van der Waals surface area contributed by atoms with Crippen molar-refractivity contribution < 1.29 is 4.74 Å². The van der Waals surface area contributed by atoms with Gasteiger partial charge in [0, 0.05) is 33.8 Å². The highest BCUT2D eigenvalue weighted by molar-refractivity contribution is 6.28. The Morgan fingerprint density at radius 3 is 2.28 bits per heavy atom. The number of methoxy groups -OCH3 is 1. The third-order valence-electron chi connectivity index (χ3n) is 2.60. The van der Waals surface area contributed by atoms with Crippen LogP contribution in [0.15, 0.2) is 0 Å². The van der Waals surface area contributed by atoms with Gasteiger partial charge in [-0.2, -0.15) is 15.0 Å². The fourth-order valence-corrected chi connectivity index (χ4v) is 1.63. The molecule has 1 heterocycles. The average molecular weight is 274 g/mol. The highest BCUT2D eigenvalue weighted by Gasteiger charge is 2.12. The van der Waals surface area contributed by atoms with Crippen LogP contribution in [0, 0.1) is 0 Å². The molecule has 0 N–H and O–H groups in total. The highest BCUT2D eigenvalue weighted by atomic mass is 35.5. The topological polar surface area (TPSA) is 54.4 Å². The Labute approximate surface area is 113 Å². The van der Waals surface area contributed by atoms with Crippen molar-refractivity contribution in [2.45, 2.75) is 13.8 Å². The van der Waals surface area contributed by atoms with Gasteiger partial charge in [0.1, 0.15) is 0 Å². The van der Waals surface area contributed by atoms with Gasteiger partial charge in [-0.25, -0.2) is 0 Å². The van der Waals surface area contributed by atoms with E-state index < -0.39 is 0 Å². The van der Waals surface area contributed by atoms with Gasteiger partial charge in [0.05, 0.1) is 6.61 Å². The fourth-order valence-electron chi connectivity index (χ4n) is 1.48. The molecule has 0 aliphatic heterocycles. The lowest BCUT2D eigenvalue weighted by atomic mass is 10.5. The average Bonchev–Trinajstić information content (AvgIpc) is 2.36. The number of rotatable bonds is 7.